The zero-order valence-electron chi connectivity index (χ0n) is 12.3. The predicted octanol–water partition coefficient (Wildman–Crippen LogP) is 2.18. The van der Waals surface area contributed by atoms with Crippen molar-refractivity contribution in [3.05, 3.63) is 24.3 Å². The largest absolute Gasteiger partial charge is 0.271 e. The van der Waals surface area contributed by atoms with Crippen LogP contribution in [0.5, 0.6) is 0 Å². The van der Waals surface area contributed by atoms with Gasteiger partial charge in [-0.3, -0.25) is 5.32 Å². The quantitative estimate of drug-likeness (QED) is 0.384. The van der Waals surface area contributed by atoms with Crippen LogP contribution in [0.25, 0.3) is 0 Å². The number of nitrogens with zero attached hydrogens (tertiary/aromatic N) is 2. The molecule has 0 spiro atoms. The van der Waals surface area contributed by atoms with E-state index in [1.54, 1.807) is 51.4 Å². The third kappa shape index (κ3) is 5.38. The first-order valence-corrected chi connectivity index (χ1v) is 8.81. The van der Waals surface area contributed by atoms with E-state index in [4.69, 9.17) is 5.26 Å². The van der Waals surface area contributed by atoms with Crippen molar-refractivity contribution in [2.45, 2.75) is 31.2 Å². The summed E-state index contributed by atoms with van der Waals surface area (Å²) in [5.41, 5.74) is -0.315. The van der Waals surface area contributed by atoms with E-state index in [9.17, 15) is 8.42 Å². The summed E-state index contributed by atoms with van der Waals surface area (Å²) in [7, 11) is -3.69. The Bertz CT molecular complexity index is 670. The molecule has 1 aromatic rings. The van der Waals surface area contributed by atoms with Crippen LogP contribution in [0.2, 0.25) is 0 Å². The number of hydrogen-bond acceptors (Lipinski definition) is 5. The molecule has 1 aromatic carbocycles. The lowest BCUT2D eigenvalue weighted by atomic mass is 10.1. The standard InChI is InChI=1S/C13H18N4O2S2/c1-13(2,3)17-21(18,19)11-8-6-5-7-10(11)16-12(20-4)15-9-14/h5-8,17H,1-4H3,(H,15,16). The first-order chi connectivity index (χ1) is 9.69. The van der Waals surface area contributed by atoms with Gasteiger partial charge >= 0.3 is 0 Å². The Morgan fingerprint density at radius 2 is 1.95 bits per heavy atom. The minimum atomic E-state index is -3.69. The van der Waals surface area contributed by atoms with Crippen LogP contribution < -0.4 is 10.0 Å². The van der Waals surface area contributed by atoms with Crippen molar-refractivity contribution in [1.82, 2.24) is 10.0 Å². The van der Waals surface area contributed by atoms with E-state index in [1.165, 1.54) is 17.8 Å². The van der Waals surface area contributed by atoms with Crippen LogP contribution in [0.4, 0.5) is 5.69 Å². The van der Waals surface area contributed by atoms with Crippen LogP contribution in [-0.2, 0) is 10.0 Å². The van der Waals surface area contributed by atoms with Gasteiger partial charge in [-0.25, -0.2) is 18.1 Å². The summed E-state index contributed by atoms with van der Waals surface area (Å²) in [6.07, 6.45) is 3.51. The number of rotatable bonds is 3. The Labute approximate surface area is 129 Å². The van der Waals surface area contributed by atoms with Gasteiger partial charge in [-0.05, 0) is 39.2 Å². The van der Waals surface area contributed by atoms with Crippen molar-refractivity contribution >= 4 is 32.6 Å². The maximum absolute atomic E-state index is 12.4. The second-order valence-electron chi connectivity index (χ2n) is 5.18. The summed E-state index contributed by atoms with van der Waals surface area (Å²) in [6.45, 7) is 5.29. The molecule has 21 heavy (non-hydrogen) atoms. The zero-order valence-corrected chi connectivity index (χ0v) is 14.0. The molecule has 0 saturated heterocycles. The van der Waals surface area contributed by atoms with Crippen molar-refractivity contribution in [3.63, 3.8) is 0 Å². The molecule has 0 aliphatic heterocycles. The average molecular weight is 326 g/mol. The van der Waals surface area contributed by atoms with Crippen molar-refractivity contribution in [1.29, 1.82) is 5.26 Å². The Morgan fingerprint density at radius 1 is 1.33 bits per heavy atom. The fourth-order valence-corrected chi connectivity index (χ4v) is 3.42. The van der Waals surface area contributed by atoms with Gasteiger partial charge in [0.1, 0.15) is 4.90 Å². The number of para-hydroxylation sites is 1. The van der Waals surface area contributed by atoms with Gasteiger partial charge in [-0.1, -0.05) is 23.9 Å². The average Bonchev–Trinajstić information content (AvgIpc) is 2.36. The van der Waals surface area contributed by atoms with E-state index in [2.05, 4.69) is 15.0 Å². The summed E-state index contributed by atoms with van der Waals surface area (Å²) in [6, 6.07) is 6.40. The molecule has 1 rings (SSSR count). The number of aliphatic imine (C=N–C) groups is 1. The van der Waals surface area contributed by atoms with Crippen LogP contribution in [0.15, 0.2) is 34.2 Å². The maximum Gasteiger partial charge on any atom is 0.243 e. The summed E-state index contributed by atoms with van der Waals surface area (Å²) < 4.78 is 27.4. The molecule has 0 heterocycles. The number of benzene rings is 1. The molecule has 0 amide bonds. The third-order valence-corrected chi connectivity index (χ3v) is 4.56. The van der Waals surface area contributed by atoms with Gasteiger partial charge in [0.25, 0.3) is 0 Å². The van der Waals surface area contributed by atoms with Crippen molar-refractivity contribution in [2.75, 3.05) is 6.26 Å². The molecule has 0 aliphatic rings. The van der Waals surface area contributed by atoms with Gasteiger partial charge in [0, 0.05) is 5.54 Å². The van der Waals surface area contributed by atoms with Gasteiger partial charge in [-0.15, -0.1) is 0 Å². The second kappa shape index (κ2) is 6.93. The topological polar surface area (TPSA) is 94.3 Å². The molecule has 0 aliphatic carbocycles. The Balaban J connectivity index is 3.31. The monoisotopic (exact) mass is 326 g/mol. The fraction of sp³-hybridized carbons (Fsp3) is 0.385. The van der Waals surface area contributed by atoms with Crippen molar-refractivity contribution < 1.29 is 8.42 Å². The highest BCUT2D eigenvalue weighted by atomic mass is 32.2. The smallest absolute Gasteiger partial charge is 0.243 e. The van der Waals surface area contributed by atoms with Crippen LogP contribution in [0.3, 0.4) is 0 Å². The lowest BCUT2D eigenvalue weighted by Gasteiger charge is -2.21. The first kappa shape index (κ1) is 17.5. The van der Waals surface area contributed by atoms with Gasteiger partial charge in [0.15, 0.2) is 11.4 Å². The lowest BCUT2D eigenvalue weighted by molar-refractivity contribution is 0.491. The number of nitriles is 1. The molecular formula is C13H18N4O2S2. The summed E-state index contributed by atoms with van der Waals surface area (Å²) in [5.74, 6) is 0. The Morgan fingerprint density at radius 3 is 2.48 bits per heavy atom. The lowest BCUT2D eigenvalue weighted by Crippen LogP contribution is -2.40. The highest BCUT2D eigenvalue weighted by molar-refractivity contribution is 8.13. The van der Waals surface area contributed by atoms with E-state index in [0.717, 1.165) is 0 Å². The molecule has 0 aromatic heterocycles. The van der Waals surface area contributed by atoms with E-state index in [1.807, 2.05) is 0 Å². The molecular weight excluding hydrogens is 308 g/mol. The van der Waals surface area contributed by atoms with Crippen LogP contribution >= 0.6 is 11.8 Å². The van der Waals surface area contributed by atoms with Crippen molar-refractivity contribution in [3.8, 4) is 6.19 Å². The molecule has 0 fully saturated rings. The molecule has 0 saturated carbocycles. The Kier molecular flexibility index (Phi) is 5.78. The summed E-state index contributed by atoms with van der Waals surface area (Å²) in [5, 5.41) is 11.4. The van der Waals surface area contributed by atoms with Crippen LogP contribution in [-0.4, -0.2) is 25.4 Å². The third-order valence-electron chi connectivity index (χ3n) is 2.17. The normalized spacial score (nSPS) is 12.8. The molecule has 0 bridgehead atoms. The van der Waals surface area contributed by atoms with Gasteiger partial charge in [-0.2, -0.15) is 5.26 Å². The molecule has 0 radical (unpaired) electrons. The molecule has 0 atom stereocenters. The van der Waals surface area contributed by atoms with E-state index in [0.29, 0.717) is 5.17 Å². The zero-order chi connectivity index (χ0) is 16.1. The van der Waals surface area contributed by atoms with Gasteiger partial charge in [0.05, 0.1) is 5.69 Å². The molecule has 0 unspecified atom stereocenters. The number of hydrogen-bond donors (Lipinski definition) is 2. The number of amidine groups is 1. The summed E-state index contributed by atoms with van der Waals surface area (Å²) >= 11 is 1.22. The SMILES string of the molecule is CSC(=Nc1ccccc1S(=O)(=O)NC(C)(C)C)NC#N. The van der Waals surface area contributed by atoms with Gasteiger partial charge in [0.2, 0.25) is 10.0 Å². The van der Waals surface area contributed by atoms with E-state index < -0.39 is 15.6 Å². The predicted molar refractivity (Wildman–Crippen MR) is 85.9 cm³/mol. The number of sulfonamides is 1. The molecule has 114 valence electrons. The van der Waals surface area contributed by atoms with E-state index >= 15 is 0 Å². The first-order valence-electron chi connectivity index (χ1n) is 6.10. The molecule has 6 nitrogen and oxygen atoms in total. The minimum Gasteiger partial charge on any atom is -0.271 e. The maximum atomic E-state index is 12.4. The van der Waals surface area contributed by atoms with E-state index in [-0.39, 0.29) is 10.6 Å². The summed E-state index contributed by atoms with van der Waals surface area (Å²) in [4.78, 5) is 4.27. The fourth-order valence-electron chi connectivity index (χ4n) is 1.52. The highest BCUT2D eigenvalue weighted by Gasteiger charge is 2.24. The second-order valence-corrected chi connectivity index (χ2v) is 7.63. The number of thioether (sulfide) groups is 1. The molecule has 2 N–H and O–H groups in total. The molecule has 8 heteroatoms. The number of nitrogens with one attached hydrogen (secondary N) is 2. The van der Waals surface area contributed by atoms with Crippen LogP contribution in [0.1, 0.15) is 20.8 Å². The van der Waals surface area contributed by atoms with Crippen molar-refractivity contribution in [2.24, 2.45) is 4.99 Å². The van der Waals surface area contributed by atoms with Gasteiger partial charge < -0.3 is 0 Å². The highest BCUT2D eigenvalue weighted by Crippen LogP contribution is 2.25. The van der Waals surface area contributed by atoms with Crippen LogP contribution in [0, 0.1) is 11.5 Å². The minimum absolute atomic E-state index is 0.0752. The Hall–Kier alpha value is -1.56.